The van der Waals surface area contributed by atoms with E-state index < -0.39 is 5.54 Å². The van der Waals surface area contributed by atoms with Gasteiger partial charge >= 0.3 is 6.03 Å². The average molecular weight is 477 g/mol. The van der Waals surface area contributed by atoms with Gasteiger partial charge in [-0.3, -0.25) is 15.1 Å². The Bertz CT molecular complexity index is 542. The number of hydrogen-bond acceptors (Lipinski definition) is 3. The fourth-order valence-corrected chi connectivity index (χ4v) is 4.53. The largest absolute Gasteiger partial charge is 0.356 e. The molecule has 0 aromatic rings. The number of hydrogen-bond donors (Lipinski definition) is 3. The minimum absolute atomic E-state index is 0. The third kappa shape index (κ3) is 4.61. The fourth-order valence-electron chi connectivity index (χ4n) is 4.53. The zero-order valence-corrected chi connectivity index (χ0v) is 18.2. The minimum Gasteiger partial charge on any atom is -0.356 e. The molecule has 3 fully saturated rings. The number of amides is 3. The molecule has 1 saturated carbocycles. The van der Waals surface area contributed by atoms with Crippen LogP contribution in [0.25, 0.3) is 0 Å². The lowest BCUT2D eigenvalue weighted by Crippen LogP contribution is -2.55. The van der Waals surface area contributed by atoms with Crippen molar-refractivity contribution < 1.29 is 9.59 Å². The third-order valence-corrected chi connectivity index (χ3v) is 6.21. The van der Waals surface area contributed by atoms with Gasteiger partial charge in [0.05, 0.1) is 0 Å². The molecule has 7 nitrogen and oxygen atoms in total. The lowest BCUT2D eigenvalue weighted by Gasteiger charge is -2.39. The smallest absolute Gasteiger partial charge is 0.322 e. The monoisotopic (exact) mass is 477 g/mol. The number of carbonyl (C=O) groups excluding carboxylic acids is 2. The van der Waals surface area contributed by atoms with Crippen LogP contribution >= 0.6 is 24.0 Å². The lowest BCUT2D eigenvalue weighted by molar-refractivity contribution is -0.125. The van der Waals surface area contributed by atoms with Crippen LogP contribution in [0.5, 0.6) is 0 Å². The van der Waals surface area contributed by atoms with E-state index in [-0.39, 0.29) is 41.8 Å². The highest BCUT2D eigenvalue weighted by Crippen LogP contribution is 2.31. The van der Waals surface area contributed by atoms with E-state index in [1.165, 1.54) is 32.1 Å². The second-order valence-corrected chi connectivity index (χ2v) is 7.79. The normalized spacial score (nSPS) is 27.9. The van der Waals surface area contributed by atoms with Crippen molar-refractivity contribution in [3.8, 4) is 0 Å². The maximum Gasteiger partial charge on any atom is 0.322 e. The van der Waals surface area contributed by atoms with Gasteiger partial charge in [0.2, 0.25) is 0 Å². The van der Waals surface area contributed by atoms with Gasteiger partial charge in [-0.1, -0.05) is 25.7 Å². The number of imide groups is 1. The molecule has 0 spiro atoms. The molecule has 2 heterocycles. The summed E-state index contributed by atoms with van der Waals surface area (Å²) < 4.78 is 0. The van der Waals surface area contributed by atoms with Gasteiger partial charge in [-0.15, -0.1) is 24.0 Å². The van der Waals surface area contributed by atoms with E-state index >= 15 is 0 Å². The molecule has 3 N–H and O–H groups in total. The van der Waals surface area contributed by atoms with Crippen molar-refractivity contribution in [2.24, 2.45) is 16.8 Å². The van der Waals surface area contributed by atoms with Crippen LogP contribution in [0.1, 0.15) is 51.9 Å². The van der Waals surface area contributed by atoms with Crippen molar-refractivity contribution in [3.05, 3.63) is 0 Å². The van der Waals surface area contributed by atoms with E-state index in [0.717, 1.165) is 44.4 Å². The van der Waals surface area contributed by atoms with Gasteiger partial charge in [0.25, 0.3) is 5.91 Å². The molecule has 1 aliphatic carbocycles. The summed E-state index contributed by atoms with van der Waals surface area (Å²) in [7, 11) is 1.83. The predicted molar refractivity (Wildman–Crippen MR) is 113 cm³/mol. The third-order valence-electron chi connectivity index (χ3n) is 6.21. The number of carbonyl (C=O) groups is 2. The van der Waals surface area contributed by atoms with Crippen LogP contribution in [-0.2, 0) is 4.79 Å². The van der Waals surface area contributed by atoms with E-state index in [0.29, 0.717) is 0 Å². The molecule has 148 valence electrons. The average Bonchev–Trinajstić information content (AvgIpc) is 3.20. The number of halogens is 1. The number of nitrogens with zero attached hydrogens (tertiary/aromatic N) is 2. The number of aliphatic imine (C=N–C) groups is 1. The van der Waals surface area contributed by atoms with Crippen LogP contribution in [-0.4, -0.2) is 55.0 Å². The SMILES string of the molecule is CN=C(NCCC1CCCC1)N1CCC(C2(C)NC(=O)NC2=O)CC1.I. The van der Waals surface area contributed by atoms with Gasteiger partial charge in [0.1, 0.15) is 5.54 Å². The molecule has 8 heteroatoms. The standard InChI is InChI=1S/C18H31N5O2.HI/c1-18(15(24)21-17(25)22-18)14-8-11-23(12-9-14)16(19-2)20-10-7-13-5-3-4-6-13;/h13-14H,3-12H2,1-2H3,(H,19,20)(H2,21,22,24,25);1H. The van der Waals surface area contributed by atoms with Crippen LogP contribution in [0.3, 0.4) is 0 Å². The first-order valence-electron chi connectivity index (χ1n) is 9.62. The summed E-state index contributed by atoms with van der Waals surface area (Å²) in [5, 5.41) is 8.68. The van der Waals surface area contributed by atoms with Gasteiger partial charge in [0.15, 0.2) is 5.96 Å². The van der Waals surface area contributed by atoms with Crippen LogP contribution in [0.15, 0.2) is 4.99 Å². The first kappa shape index (κ1) is 21.2. The Balaban J connectivity index is 0.00000243. The van der Waals surface area contributed by atoms with Gasteiger partial charge in [-0.2, -0.15) is 0 Å². The topological polar surface area (TPSA) is 85.8 Å². The number of rotatable bonds is 4. The second kappa shape index (κ2) is 9.23. The first-order valence-corrected chi connectivity index (χ1v) is 9.62. The maximum atomic E-state index is 12.1. The molecule has 0 aromatic carbocycles. The van der Waals surface area contributed by atoms with Crippen LogP contribution in [0.2, 0.25) is 0 Å². The number of piperidine rings is 1. The highest BCUT2D eigenvalue weighted by Gasteiger charge is 2.48. The Morgan fingerprint density at radius 3 is 2.42 bits per heavy atom. The lowest BCUT2D eigenvalue weighted by atomic mass is 9.79. The van der Waals surface area contributed by atoms with Gasteiger partial charge in [0, 0.05) is 26.7 Å². The zero-order chi connectivity index (χ0) is 17.9. The number of guanidine groups is 1. The highest BCUT2D eigenvalue weighted by molar-refractivity contribution is 14.0. The Hall–Kier alpha value is -1.06. The molecule has 26 heavy (non-hydrogen) atoms. The van der Waals surface area contributed by atoms with Gasteiger partial charge < -0.3 is 15.5 Å². The number of nitrogens with one attached hydrogen (secondary N) is 3. The molecular weight excluding hydrogens is 445 g/mol. The molecule has 0 bridgehead atoms. The Kier molecular flexibility index (Phi) is 7.54. The summed E-state index contributed by atoms with van der Waals surface area (Å²) in [6.07, 6.45) is 8.47. The molecule has 3 rings (SSSR count). The van der Waals surface area contributed by atoms with Crippen LogP contribution in [0, 0.1) is 11.8 Å². The van der Waals surface area contributed by atoms with E-state index in [2.05, 4.69) is 25.8 Å². The van der Waals surface area contributed by atoms with Crippen molar-refractivity contribution in [2.75, 3.05) is 26.7 Å². The second-order valence-electron chi connectivity index (χ2n) is 7.79. The van der Waals surface area contributed by atoms with Crippen molar-refractivity contribution >= 4 is 41.9 Å². The molecule has 2 saturated heterocycles. The molecular formula is C18H32IN5O2. The molecule has 1 unspecified atom stereocenters. The molecule has 0 radical (unpaired) electrons. The number of likely N-dealkylation sites (tertiary alicyclic amines) is 1. The van der Waals surface area contributed by atoms with E-state index in [1.54, 1.807) is 0 Å². The zero-order valence-electron chi connectivity index (χ0n) is 15.8. The van der Waals surface area contributed by atoms with E-state index in [4.69, 9.17) is 0 Å². The quantitative estimate of drug-likeness (QED) is 0.251. The van der Waals surface area contributed by atoms with E-state index in [9.17, 15) is 9.59 Å². The minimum atomic E-state index is -0.775. The maximum absolute atomic E-state index is 12.1. The fraction of sp³-hybridized carbons (Fsp3) is 0.833. The summed E-state index contributed by atoms with van der Waals surface area (Å²) in [4.78, 5) is 30.3. The predicted octanol–water partition coefficient (Wildman–Crippen LogP) is 2.07. The van der Waals surface area contributed by atoms with Crippen molar-refractivity contribution in [3.63, 3.8) is 0 Å². The first-order chi connectivity index (χ1) is 12.0. The Labute approximate surface area is 173 Å². The van der Waals surface area contributed by atoms with Crippen molar-refractivity contribution in [1.29, 1.82) is 0 Å². The summed E-state index contributed by atoms with van der Waals surface area (Å²) in [6, 6.07) is -0.376. The number of urea groups is 1. The molecule has 3 aliphatic rings. The van der Waals surface area contributed by atoms with E-state index in [1.807, 2.05) is 14.0 Å². The van der Waals surface area contributed by atoms with Gasteiger partial charge in [-0.25, -0.2) is 4.79 Å². The molecule has 3 amide bonds. The Morgan fingerprint density at radius 2 is 1.88 bits per heavy atom. The van der Waals surface area contributed by atoms with Crippen LogP contribution < -0.4 is 16.0 Å². The summed E-state index contributed by atoms with van der Waals surface area (Å²) in [6.45, 7) is 4.52. The van der Waals surface area contributed by atoms with Crippen LogP contribution in [0.4, 0.5) is 4.79 Å². The summed E-state index contributed by atoms with van der Waals surface area (Å²) in [5.74, 6) is 1.80. The Morgan fingerprint density at radius 1 is 1.23 bits per heavy atom. The van der Waals surface area contributed by atoms with Crippen molar-refractivity contribution in [1.82, 2.24) is 20.9 Å². The highest BCUT2D eigenvalue weighted by atomic mass is 127. The molecule has 0 aromatic heterocycles. The summed E-state index contributed by atoms with van der Waals surface area (Å²) >= 11 is 0. The molecule has 2 aliphatic heterocycles. The van der Waals surface area contributed by atoms with Gasteiger partial charge in [-0.05, 0) is 38.0 Å². The summed E-state index contributed by atoms with van der Waals surface area (Å²) in [5.41, 5.74) is -0.775. The van der Waals surface area contributed by atoms with Crippen molar-refractivity contribution in [2.45, 2.75) is 57.4 Å². The molecule has 1 atom stereocenters.